The first-order valence-electron chi connectivity index (χ1n) is 7.50. The van der Waals surface area contributed by atoms with E-state index < -0.39 is 0 Å². The number of urea groups is 1. The van der Waals surface area contributed by atoms with Crippen molar-refractivity contribution in [2.24, 2.45) is 0 Å². The molecule has 1 heterocycles. The minimum absolute atomic E-state index is 0.264. The maximum absolute atomic E-state index is 12.2. The number of benzene rings is 1. The van der Waals surface area contributed by atoms with Crippen LogP contribution >= 0.6 is 0 Å². The lowest BCUT2D eigenvalue weighted by Gasteiger charge is -2.18. The maximum atomic E-state index is 12.2. The number of nitrogens with one attached hydrogen (secondary N) is 3. The molecule has 0 aliphatic rings. The Hall–Kier alpha value is -2.96. The molecule has 1 aromatic heterocycles. The van der Waals surface area contributed by atoms with Gasteiger partial charge in [-0.2, -0.15) is 0 Å². The van der Waals surface area contributed by atoms with Crippen LogP contribution in [0.2, 0.25) is 0 Å². The highest BCUT2D eigenvalue weighted by molar-refractivity contribution is 5.89. The Bertz CT molecular complexity index is 689. The Morgan fingerprint density at radius 2 is 1.96 bits per heavy atom. The van der Waals surface area contributed by atoms with E-state index in [0.717, 1.165) is 11.4 Å². The molecule has 2 rings (SSSR count). The van der Waals surface area contributed by atoms with E-state index in [-0.39, 0.29) is 12.1 Å². The maximum Gasteiger partial charge on any atom is 0.319 e. The van der Waals surface area contributed by atoms with Gasteiger partial charge < -0.3 is 25.4 Å². The number of hydrogen-bond donors (Lipinski definition) is 3. The largest absolute Gasteiger partial charge is 0.497 e. The average molecular weight is 330 g/mol. The van der Waals surface area contributed by atoms with E-state index in [2.05, 4.69) is 20.9 Å². The molecule has 1 atom stereocenters. The van der Waals surface area contributed by atoms with Crippen molar-refractivity contribution >= 4 is 17.5 Å². The van der Waals surface area contributed by atoms with Gasteiger partial charge in [-0.25, -0.2) is 9.78 Å². The van der Waals surface area contributed by atoms with Crippen molar-refractivity contribution in [1.82, 2.24) is 10.3 Å². The van der Waals surface area contributed by atoms with Crippen molar-refractivity contribution in [3.05, 3.63) is 42.1 Å². The van der Waals surface area contributed by atoms with Crippen LogP contribution in [0.5, 0.6) is 11.5 Å². The number of carbonyl (C=O) groups excluding carboxylic acids is 1. The van der Waals surface area contributed by atoms with Gasteiger partial charge in [-0.05, 0) is 37.3 Å². The summed E-state index contributed by atoms with van der Waals surface area (Å²) in [5.74, 6) is 2.12. The molecular weight excluding hydrogens is 308 g/mol. The number of ether oxygens (including phenoxy) is 2. The zero-order valence-corrected chi connectivity index (χ0v) is 14.2. The second kappa shape index (κ2) is 8.05. The van der Waals surface area contributed by atoms with Crippen LogP contribution in [0.1, 0.15) is 18.5 Å². The minimum Gasteiger partial charge on any atom is -0.497 e. The van der Waals surface area contributed by atoms with Crippen LogP contribution < -0.4 is 25.4 Å². The predicted molar refractivity (Wildman–Crippen MR) is 93.9 cm³/mol. The summed E-state index contributed by atoms with van der Waals surface area (Å²) in [6.45, 7) is 1.87. The SMILES string of the molecule is CNc1ccc(NC(=O)N[C@@H](C)c2cc(OC)ccc2OC)cn1. The number of pyridine rings is 1. The molecule has 0 aliphatic carbocycles. The van der Waals surface area contributed by atoms with Gasteiger partial charge in [0, 0.05) is 12.6 Å². The van der Waals surface area contributed by atoms with Crippen molar-refractivity contribution in [3.63, 3.8) is 0 Å². The molecular formula is C17H22N4O3. The summed E-state index contributed by atoms with van der Waals surface area (Å²) in [5.41, 5.74) is 1.44. The average Bonchev–Trinajstić information content (AvgIpc) is 2.61. The van der Waals surface area contributed by atoms with Gasteiger partial charge in [-0.3, -0.25) is 0 Å². The zero-order chi connectivity index (χ0) is 17.5. The van der Waals surface area contributed by atoms with Crippen LogP contribution in [0.25, 0.3) is 0 Å². The Labute approximate surface area is 141 Å². The summed E-state index contributed by atoms with van der Waals surface area (Å²) in [6.07, 6.45) is 1.59. The number of rotatable bonds is 6. The molecule has 0 unspecified atom stereocenters. The van der Waals surface area contributed by atoms with Crippen LogP contribution in [0, 0.1) is 0 Å². The summed E-state index contributed by atoms with van der Waals surface area (Å²) in [5, 5.41) is 8.54. The molecule has 0 aliphatic heterocycles. The quantitative estimate of drug-likeness (QED) is 0.758. The second-order valence-corrected chi connectivity index (χ2v) is 5.11. The Morgan fingerprint density at radius 3 is 2.54 bits per heavy atom. The van der Waals surface area contributed by atoms with E-state index in [1.165, 1.54) is 0 Å². The summed E-state index contributed by atoms with van der Waals surface area (Å²) in [4.78, 5) is 16.3. The van der Waals surface area contributed by atoms with Gasteiger partial charge in [0.15, 0.2) is 0 Å². The van der Waals surface area contributed by atoms with Crippen LogP contribution in [0.3, 0.4) is 0 Å². The molecule has 0 radical (unpaired) electrons. The molecule has 0 bridgehead atoms. The molecule has 128 valence electrons. The van der Waals surface area contributed by atoms with Gasteiger partial charge in [-0.1, -0.05) is 0 Å². The first-order valence-corrected chi connectivity index (χ1v) is 7.50. The van der Waals surface area contributed by atoms with E-state index in [9.17, 15) is 4.79 Å². The van der Waals surface area contributed by atoms with Crippen molar-refractivity contribution in [2.75, 3.05) is 31.9 Å². The van der Waals surface area contributed by atoms with E-state index in [1.54, 1.807) is 39.6 Å². The Kier molecular flexibility index (Phi) is 5.83. The van der Waals surface area contributed by atoms with E-state index >= 15 is 0 Å². The Morgan fingerprint density at radius 1 is 1.17 bits per heavy atom. The zero-order valence-electron chi connectivity index (χ0n) is 14.2. The second-order valence-electron chi connectivity index (χ2n) is 5.11. The molecule has 7 nitrogen and oxygen atoms in total. The lowest BCUT2D eigenvalue weighted by molar-refractivity contribution is 0.249. The first kappa shape index (κ1) is 17.4. The third-order valence-corrected chi connectivity index (χ3v) is 3.53. The summed E-state index contributed by atoms with van der Waals surface area (Å²) >= 11 is 0. The number of methoxy groups -OCH3 is 2. The molecule has 3 N–H and O–H groups in total. The number of amides is 2. The lowest BCUT2D eigenvalue weighted by Crippen LogP contribution is -2.31. The highest BCUT2D eigenvalue weighted by Crippen LogP contribution is 2.29. The van der Waals surface area contributed by atoms with Gasteiger partial charge in [0.2, 0.25) is 0 Å². The number of aromatic nitrogens is 1. The molecule has 0 saturated heterocycles. The van der Waals surface area contributed by atoms with Gasteiger partial charge in [-0.15, -0.1) is 0 Å². The fourth-order valence-corrected chi connectivity index (χ4v) is 2.24. The van der Waals surface area contributed by atoms with E-state index in [4.69, 9.17) is 9.47 Å². The molecule has 24 heavy (non-hydrogen) atoms. The van der Waals surface area contributed by atoms with Gasteiger partial charge in [0.1, 0.15) is 17.3 Å². The first-order chi connectivity index (χ1) is 11.6. The molecule has 0 fully saturated rings. The van der Waals surface area contributed by atoms with Crippen molar-refractivity contribution in [1.29, 1.82) is 0 Å². The monoisotopic (exact) mass is 330 g/mol. The molecule has 0 spiro atoms. The fourth-order valence-electron chi connectivity index (χ4n) is 2.24. The number of nitrogens with zero attached hydrogens (tertiary/aromatic N) is 1. The normalized spacial score (nSPS) is 11.3. The van der Waals surface area contributed by atoms with Crippen LogP contribution in [-0.2, 0) is 0 Å². The van der Waals surface area contributed by atoms with Crippen LogP contribution in [0.15, 0.2) is 36.5 Å². The van der Waals surface area contributed by atoms with Crippen molar-refractivity contribution < 1.29 is 14.3 Å². The van der Waals surface area contributed by atoms with Gasteiger partial charge in [0.05, 0.1) is 32.1 Å². The fraction of sp³-hybridized carbons (Fsp3) is 0.294. The topological polar surface area (TPSA) is 84.5 Å². The van der Waals surface area contributed by atoms with Crippen molar-refractivity contribution in [2.45, 2.75) is 13.0 Å². The third kappa shape index (κ3) is 4.28. The molecule has 2 amide bonds. The summed E-state index contributed by atoms with van der Waals surface area (Å²) < 4.78 is 10.6. The molecule has 2 aromatic rings. The molecule has 0 saturated carbocycles. The smallest absolute Gasteiger partial charge is 0.319 e. The molecule has 1 aromatic carbocycles. The highest BCUT2D eigenvalue weighted by Gasteiger charge is 2.15. The third-order valence-electron chi connectivity index (χ3n) is 3.53. The van der Waals surface area contributed by atoms with Crippen molar-refractivity contribution in [3.8, 4) is 11.5 Å². The van der Waals surface area contributed by atoms with Crippen LogP contribution in [-0.4, -0.2) is 32.3 Å². The van der Waals surface area contributed by atoms with E-state index in [0.29, 0.717) is 17.2 Å². The summed E-state index contributed by atoms with van der Waals surface area (Å²) in [6, 6.07) is 8.42. The Balaban J connectivity index is 2.05. The predicted octanol–water partition coefficient (Wildman–Crippen LogP) is 3.02. The minimum atomic E-state index is -0.327. The lowest BCUT2D eigenvalue weighted by atomic mass is 10.1. The van der Waals surface area contributed by atoms with Crippen LogP contribution in [0.4, 0.5) is 16.3 Å². The standard InChI is InChI=1S/C17H22N4O3/c1-11(14-9-13(23-3)6-7-15(14)24-4)20-17(22)21-12-5-8-16(18-2)19-10-12/h5-11H,1-4H3,(H,18,19)(H2,20,21,22)/t11-/m0/s1. The number of carbonyl (C=O) groups is 1. The van der Waals surface area contributed by atoms with Gasteiger partial charge in [0.25, 0.3) is 0 Å². The molecule has 7 heteroatoms. The number of anilines is 2. The van der Waals surface area contributed by atoms with Gasteiger partial charge >= 0.3 is 6.03 Å². The highest BCUT2D eigenvalue weighted by atomic mass is 16.5. The number of hydrogen-bond acceptors (Lipinski definition) is 5. The van der Waals surface area contributed by atoms with E-state index in [1.807, 2.05) is 25.1 Å². The summed E-state index contributed by atoms with van der Waals surface area (Å²) in [7, 11) is 4.97.